The predicted octanol–water partition coefficient (Wildman–Crippen LogP) is 4.82. The number of halogens is 1. The van der Waals surface area contributed by atoms with Crippen LogP contribution in [0.15, 0.2) is 18.2 Å². The molecular formula is C28H42FN3O5. The first-order valence-electron chi connectivity index (χ1n) is 13.6. The summed E-state index contributed by atoms with van der Waals surface area (Å²) in [5.41, 5.74) is 0.320. The molecule has 3 aliphatic rings. The van der Waals surface area contributed by atoms with Crippen LogP contribution in [0, 0.1) is 11.7 Å². The van der Waals surface area contributed by atoms with Crippen molar-refractivity contribution in [1.82, 2.24) is 9.80 Å². The van der Waals surface area contributed by atoms with E-state index in [1.165, 1.54) is 23.8 Å². The Kier molecular flexibility index (Phi) is 8.63. The Morgan fingerprint density at radius 1 is 1.27 bits per heavy atom. The van der Waals surface area contributed by atoms with E-state index >= 15 is 0 Å². The third-order valence-electron chi connectivity index (χ3n) is 7.59. The molecule has 2 heterocycles. The summed E-state index contributed by atoms with van der Waals surface area (Å²) in [4.78, 5) is 29.0. The lowest BCUT2D eigenvalue weighted by molar-refractivity contribution is -0.136. The van der Waals surface area contributed by atoms with Gasteiger partial charge in [-0.05, 0) is 70.1 Å². The number of aliphatic hydroxyl groups is 1. The van der Waals surface area contributed by atoms with Crippen molar-refractivity contribution in [2.24, 2.45) is 5.92 Å². The summed E-state index contributed by atoms with van der Waals surface area (Å²) in [5.74, 6) is 0.367. The maximum absolute atomic E-state index is 15.0. The predicted molar refractivity (Wildman–Crippen MR) is 138 cm³/mol. The third-order valence-corrected chi connectivity index (χ3v) is 7.59. The fourth-order valence-corrected chi connectivity index (χ4v) is 5.40. The van der Waals surface area contributed by atoms with Gasteiger partial charge in [0.25, 0.3) is 0 Å². The topological polar surface area (TPSA) is 91.3 Å². The summed E-state index contributed by atoms with van der Waals surface area (Å²) < 4.78 is 25.9. The van der Waals surface area contributed by atoms with E-state index in [2.05, 4.69) is 5.32 Å². The number of methoxy groups -OCH3 is 1. The molecule has 2 saturated heterocycles. The number of rotatable bonds is 9. The summed E-state index contributed by atoms with van der Waals surface area (Å²) in [5, 5.41) is 14.0. The number of benzene rings is 1. The van der Waals surface area contributed by atoms with Gasteiger partial charge in [0, 0.05) is 26.5 Å². The highest BCUT2D eigenvalue weighted by molar-refractivity contribution is 5.77. The molecule has 1 aromatic carbocycles. The first-order chi connectivity index (χ1) is 17.6. The van der Waals surface area contributed by atoms with Gasteiger partial charge in [-0.1, -0.05) is 18.9 Å². The monoisotopic (exact) mass is 519 g/mol. The highest BCUT2D eigenvalue weighted by Gasteiger charge is 2.42. The van der Waals surface area contributed by atoms with E-state index in [9.17, 15) is 19.1 Å². The van der Waals surface area contributed by atoms with Crippen LogP contribution in [0.1, 0.15) is 83.7 Å². The standard InChI is InChI=1S/C28H42FN3O5/c1-28(2,3)37-27(35)32-17-20(36-4)16-24(32)26(34)30-22-15-19(11-12-21(22)29)23(13-10-18-8-9-18)31-14-6-5-7-25(31)33/h11-12,15,18,20,23-24,26,30,34H,5-10,13-14,16-17H2,1-4H3/t20-,23?,24-,26?/m1/s1. The van der Waals surface area contributed by atoms with E-state index in [0.29, 0.717) is 19.4 Å². The van der Waals surface area contributed by atoms with Gasteiger partial charge in [0.2, 0.25) is 5.91 Å². The third kappa shape index (κ3) is 7.13. The average Bonchev–Trinajstić information content (AvgIpc) is 3.56. The highest BCUT2D eigenvalue weighted by Crippen LogP contribution is 2.39. The SMILES string of the molecule is CO[C@@H]1C[C@H](C(O)Nc2cc(C(CCC3CC3)N3CCCCC3=O)ccc2F)N(C(=O)OC(C)(C)C)C1. The molecule has 2 N–H and O–H groups in total. The van der Waals surface area contributed by atoms with Crippen molar-refractivity contribution < 1.29 is 28.6 Å². The second kappa shape index (κ2) is 11.6. The lowest BCUT2D eigenvalue weighted by atomic mass is 9.95. The van der Waals surface area contributed by atoms with Gasteiger partial charge in [-0.2, -0.15) is 0 Å². The van der Waals surface area contributed by atoms with Crippen molar-refractivity contribution in [1.29, 1.82) is 0 Å². The van der Waals surface area contributed by atoms with Crippen LogP contribution in [0.3, 0.4) is 0 Å². The number of piperidine rings is 1. The Morgan fingerprint density at radius 3 is 2.68 bits per heavy atom. The van der Waals surface area contributed by atoms with Crippen molar-refractivity contribution in [3.8, 4) is 0 Å². The van der Waals surface area contributed by atoms with E-state index in [1.54, 1.807) is 40.0 Å². The molecule has 0 spiro atoms. The minimum absolute atomic E-state index is 0.116. The number of carbonyl (C=O) groups is 2. The molecule has 1 aliphatic carbocycles. The van der Waals surface area contributed by atoms with Gasteiger partial charge in [0.1, 0.15) is 17.6 Å². The molecule has 8 nitrogen and oxygen atoms in total. The number of hydrogen-bond donors (Lipinski definition) is 2. The summed E-state index contributed by atoms with van der Waals surface area (Å²) in [7, 11) is 1.56. The van der Waals surface area contributed by atoms with Crippen molar-refractivity contribution in [3.05, 3.63) is 29.6 Å². The molecular weight excluding hydrogens is 477 g/mol. The molecule has 206 valence electrons. The van der Waals surface area contributed by atoms with Crippen LogP contribution in [0.5, 0.6) is 0 Å². The van der Waals surface area contributed by atoms with Crippen LogP contribution in [-0.2, 0) is 14.3 Å². The molecule has 9 heteroatoms. The van der Waals surface area contributed by atoms with Crippen molar-refractivity contribution in [2.45, 2.75) is 102 Å². The molecule has 0 aromatic heterocycles. The Hall–Kier alpha value is -2.39. The maximum atomic E-state index is 15.0. The molecule has 3 fully saturated rings. The minimum Gasteiger partial charge on any atom is -0.444 e. The maximum Gasteiger partial charge on any atom is 0.410 e. The van der Waals surface area contributed by atoms with E-state index < -0.39 is 29.8 Å². The van der Waals surface area contributed by atoms with Crippen LogP contribution in [0.2, 0.25) is 0 Å². The smallest absolute Gasteiger partial charge is 0.410 e. The van der Waals surface area contributed by atoms with E-state index in [4.69, 9.17) is 9.47 Å². The number of amides is 2. The molecule has 37 heavy (non-hydrogen) atoms. The van der Waals surface area contributed by atoms with E-state index in [0.717, 1.165) is 37.2 Å². The quantitative estimate of drug-likeness (QED) is 0.455. The highest BCUT2D eigenvalue weighted by atomic mass is 19.1. The van der Waals surface area contributed by atoms with Crippen LogP contribution in [-0.4, -0.2) is 71.1 Å². The van der Waals surface area contributed by atoms with Gasteiger partial charge >= 0.3 is 6.09 Å². The molecule has 2 amide bonds. The largest absolute Gasteiger partial charge is 0.444 e. The lowest BCUT2D eigenvalue weighted by Crippen LogP contribution is -2.47. The zero-order valence-electron chi connectivity index (χ0n) is 22.5. The van der Waals surface area contributed by atoms with E-state index in [1.807, 2.05) is 4.90 Å². The van der Waals surface area contributed by atoms with Gasteiger partial charge in [-0.15, -0.1) is 0 Å². The van der Waals surface area contributed by atoms with Crippen LogP contribution in [0.4, 0.5) is 14.9 Å². The number of nitrogens with one attached hydrogen (secondary N) is 1. The van der Waals surface area contributed by atoms with Gasteiger partial charge in [-0.3, -0.25) is 9.69 Å². The summed E-state index contributed by atoms with van der Waals surface area (Å²) >= 11 is 0. The van der Waals surface area contributed by atoms with Gasteiger partial charge in [0.05, 0.1) is 30.4 Å². The Balaban J connectivity index is 1.53. The van der Waals surface area contributed by atoms with Crippen LogP contribution >= 0.6 is 0 Å². The van der Waals surface area contributed by atoms with E-state index in [-0.39, 0.29) is 30.3 Å². The Morgan fingerprint density at radius 2 is 2.03 bits per heavy atom. The fraction of sp³-hybridized carbons (Fsp3) is 0.714. The minimum atomic E-state index is -1.24. The Bertz CT molecular complexity index is 964. The molecule has 4 atom stereocenters. The van der Waals surface area contributed by atoms with Gasteiger partial charge in [0.15, 0.2) is 0 Å². The average molecular weight is 520 g/mol. The normalized spacial score (nSPS) is 24.2. The van der Waals surface area contributed by atoms with Crippen LogP contribution in [0.25, 0.3) is 0 Å². The zero-order valence-corrected chi connectivity index (χ0v) is 22.5. The summed E-state index contributed by atoms with van der Waals surface area (Å²) in [6.07, 6.45) is 5.13. The molecule has 0 bridgehead atoms. The van der Waals surface area contributed by atoms with Gasteiger partial charge < -0.3 is 24.8 Å². The molecule has 4 rings (SSSR count). The number of ether oxygens (including phenoxy) is 2. The second-order valence-electron chi connectivity index (χ2n) is 11.7. The van der Waals surface area contributed by atoms with Gasteiger partial charge in [-0.25, -0.2) is 9.18 Å². The fourth-order valence-electron chi connectivity index (χ4n) is 5.40. The first-order valence-corrected chi connectivity index (χ1v) is 13.6. The first kappa shape index (κ1) is 27.6. The molecule has 0 radical (unpaired) electrons. The number of anilines is 1. The number of likely N-dealkylation sites (tertiary alicyclic amines) is 2. The Labute approximate surface area is 219 Å². The van der Waals surface area contributed by atoms with Crippen molar-refractivity contribution in [3.63, 3.8) is 0 Å². The summed E-state index contributed by atoms with van der Waals surface area (Å²) in [6.45, 7) is 6.34. The zero-order chi connectivity index (χ0) is 26.7. The number of carbonyl (C=O) groups excluding carboxylic acids is 2. The van der Waals surface area contributed by atoms with Crippen molar-refractivity contribution >= 4 is 17.7 Å². The lowest BCUT2D eigenvalue weighted by Gasteiger charge is -2.35. The number of nitrogens with zero attached hydrogens (tertiary/aromatic N) is 2. The molecule has 1 aromatic rings. The molecule has 2 aliphatic heterocycles. The van der Waals surface area contributed by atoms with Crippen molar-refractivity contribution in [2.75, 3.05) is 25.5 Å². The molecule has 1 saturated carbocycles. The number of aliphatic hydroxyl groups excluding tert-OH is 1. The van der Waals surface area contributed by atoms with Crippen LogP contribution < -0.4 is 5.32 Å². The second-order valence-corrected chi connectivity index (χ2v) is 11.7. The number of hydrogen-bond acceptors (Lipinski definition) is 6. The molecule has 2 unspecified atom stereocenters. The summed E-state index contributed by atoms with van der Waals surface area (Å²) in [6, 6.07) is 4.07.